The number of benzene rings is 1. The molecule has 1 saturated carbocycles. The van der Waals surface area contributed by atoms with E-state index in [9.17, 15) is 10.1 Å². The van der Waals surface area contributed by atoms with Crippen LogP contribution in [0.1, 0.15) is 32.1 Å². The van der Waals surface area contributed by atoms with Crippen molar-refractivity contribution >= 4 is 21.6 Å². The lowest BCUT2D eigenvalue weighted by Gasteiger charge is -2.30. The highest BCUT2D eigenvalue weighted by Crippen LogP contribution is 2.36. The predicted octanol–water partition coefficient (Wildman–Crippen LogP) is 3.25. The number of hydrogen-bond acceptors (Lipinski definition) is 3. The van der Waals surface area contributed by atoms with Crippen molar-refractivity contribution < 1.29 is 0 Å². The van der Waals surface area contributed by atoms with Gasteiger partial charge in [0.2, 0.25) is 0 Å². The van der Waals surface area contributed by atoms with Gasteiger partial charge < -0.3 is 0 Å². The molecular weight excluding hydrogens is 244 g/mol. The van der Waals surface area contributed by atoms with Crippen molar-refractivity contribution in [3.8, 4) is 6.07 Å². The van der Waals surface area contributed by atoms with Crippen molar-refractivity contribution in [2.75, 3.05) is 0 Å². The summed E-state index contributed by atoms with van der Waals surface area (Å²) < 4.78 is 2.69. The Bertz CT molecular complexity index is 671. The molecule has 18 heavy (non-hydrogen) atoms. The molecule has 1 aromatic heterocycles. The molecule has 1 heterocycles. The molecule has 0 aliphatic heterocycles. The van der Waals surface area contributed by atoms with Gasteiger partial charge in [0.1, 0.15) is 5.54 Å². The van der Waals surface area contributed by atoms with Gasteiger partial charge >= 0.3 is 0 Å². The lowest BCUT2D eigenvalue weighted by atomic mass is 9.83. The maximum Gasteiger partial charge on any atom is 0.270 e. The van der Waals surface area contributed by atoms with E-state index in [-0.39, 0.29) is 5.56 Å². The number of hydrogen-bond donors (Lipinski definition) is 0. The predicted molar refractivity (Wildman–Crippen MR) is 72.8 cm³/mol. The molecular formula is C14H14N2OS. The molecule has 1 fully saturated rings. The van der Waals surface area contributed by atoms with E-state index in [4.69, 9.17) is 0 Å². The highest BCUT2D eigenvalue weighted by molar-refractivity contribution is 7.13. The largest absolute Gasteiger partial charge is 0.270 e. The van der Waals surface area contributed by atoms with Crippen LogP contribution in [0.15, 0.2) is 29.1 Å². The molecule has 1 aliphatic carbocycles. The zero-order valence-corrected chi connectivity index (χ0v) is 10.9. The van der Waals surface area contributed by atoms with Gasteiger partial charge in [0.05, 0.1) is 16.2 Å². The zero-order chi connectivity index (χ0) is 12.6. The van der Waals surface area contributed by atoms with E-state index in [1.54, 1.807) is 3.96 Å². The van der Waals surface area contributed by atoms with Gasteiger partial charge in [0.25, 0.3) is 5.56 Å². The fraction of sp³-hybridized carbons (Fsp3) is 0.429. The van der Waals surface area contributed by atoms with Gasteiger partial charge in [-0.3, -0.25) is 4.79 Å². The van der Waals surface area contributed by atoms with Crippen LogP contribution >= 0.6 is 11.5 Å². The van der Waals surface area contributed by atoms with Gasteiger partial charge in [-0.25, -0.2) is 3.96 Å². The first-order chi connectivity index (χ1) is 8.77. The van der Waals surface area contributed by atoms with Gasteiger partial charge in [-0.05, 0) is 37.8 Å². The summed E-state index contributed by atoms with van der Waals surface area (Å²) >= 11 is 1.44. The number of fused-ring (bicyclic) bond motifs is 1. The minimum absolute atomic E-state index is 0.000880. The summed E-state index contributed by atoms with van der Waals surface area (Å²) in [6.07, 6.45) is 4.85. The molecule has 0 spiro atoms. The molecule has 0 atom stereocenters. The molecule has 0 N–H and O–H groups in total. The van der Waals surface area contributed by atoms with Crippen LogP contribution < -0.4 is 5.56 Å². The Hall–Kier alpha value is -1.60. The summed E-state index contributed by atoms with van der Waals surface area (Å²) in [6.45, 7) is 0. The lowest BCUT2D eigenvalue weighted by molar-refractivity contribution is 0.279. The molecule has 1 aromatic carbocycles. The Kier molecular flexibility index (Phi) is 2.71. The lowest BCUT2D eigenvalue weighted by Crippen LogP contribution is -2.38. The van der Waals surface area contributed by atoms with Gasteiger partial charge in [-0.15, -0.1) is 0 Å². The van der Waals surface area contributed by atoms with Crippen molar-refractivity contribution in [2.24, 2.45) is 0 Å². The van der Waals surface area contributed by atoms with Crippen molar-refractivity contribution in [1.29, 1.82) is 5.26 Å². The molecule has 0 bridgehead atoms. The Labute approximate surface area is 109 Å². The summed E-state index contributed by atoms with van der Waals surface area (Å²) in [5.74, 6) is 0. The molecule has 0 saturated heterocycles. The van der Waals surface area contributed by atoms with Gasteiger partial charge in [-0.1, -0.05) is 30.1 Å². The SMILES string of the molecule is N#CC1(n2sc3ccccc3c2=O)CCCCC1. The third kappa shape index (κ3) is 1.58. The van der Waals surface area contributed by atoms with Crippen LogP contribution in [0.3, 0.4) is 0 Å². The first kappa shape index (κ1) is 11.5. The number of rotatable bonds is 1. The van der Waals surface area contributed by atoms with Crippen LogP contribution in [0.25, 0.3) is 10.1 Å². The van der Waals surface area contributed by atoms with Crippen LogP contribution in [0, 0.1) is 11.3 Å². The highest BCUT2D eigenvalue weighted by Gasteiger charge is 2.36. The average molecular weight is 258 g/mol. The second kappa shape index (κ2) is 4.25. The second-order valence-electron chi connectivity index (χ2n) is 4.89. The third-order valence-corrected chi connectivity index (χ3v) is 5.02. The fourth-order valence-electron chi connectivity index (χ4n) is 2.75. The van der Waals surface area contributed by atoms with Crippen molar-refractivity contribution in [3.63, 3.8) is 0 Å². The first-order valence-corrected chi connectivity index (χ1v) is 7.07. The Balaban J connectivity index is 2.22. The maximum absolute atomic E-state index is 12.4. The average Bonchev–Trinajstić information content (AvgIpc) is 2.78. The van der Waals surface area contributed by atoms with E-state index in [0.29, 0.717) is 0 Å². The summed E-state index contributed by atoms with van der Waals surface area (Å²) in [7, 11) is 0. The molecule has 92 valence electrons. The Morgan fingerprint density at radius 2 is 1.94 bits per heavy atom. The summed E-state index contributed by atoms with van der Waals surface area (Å²) in [5.41, 5.74) is -0.599. The summed E-state index contributed by atoms with van der Waals surface area (Å²) in [6, 6.07) is 10.0. The van der Waals surface area contributed by atoms with Crippen LogP contribution in [0.4, 0.5) is 0 Å². The van der Waals surface area contributed by atoms with Crippen LogP contribution in [-0.4, -0.2) is 3.96 Å². The van der Waals surface area contributed by atoms with Crippen LogP contribution in [0.2, 0.25) is 0 Å². The molecule has 0 unspecified atom stereocenters. The molecule has 0 radical (unpaired) electrons. The van der Waals surface area contributed by atoms with E-state index >= 15 is 0 Å². The standard InChI is InChI=1S/C14H14N2OS/c15-10-14(8-4-1-5-9-14)16-13(17)11-6-2-3-7-12(11)18-16/h2-3,6-7H,1,4-5,8-9H2. The molecule has 4 heteroatoms. The molecule has 2 aromatic rings. The molecule has 3 rings (SSSR count). The Morgan fingerprint density at radius 3 is 2.61 bits per heavy atom. The second-order valence-corrected chi connectivity index (χ2v) is 5.88. The van der Waals surface area contributed by atoms with Crippen LogP contribution in [-0.2, 0) is 5.54 Å². The van der Waals surface area contributed by atoms with E-state index in [0.717, 1.165) is 35.8 Å². The number of nitriles is 1. The minimum Gasteiger partial charge on any atom is -0.268 e. The van der Waals surface area contributed by atoms with Gasteiger partial charge in [0, 0.05) is 0 Å². The normalized spacial score (nSPS) is 18.6. The quantitative estimate of drug-likeness (QED) is 0.788. The van der Waals surface area contributed by atoms with Crippen LogP contribution in [0.5, 0.6) is 0 Å². The number of aromatic nitrogens is 1. The van der Waals surface area contributed by atoms with Crippen molar-refractivity contribution in [1.82, 2.24) is 3.96 Å². The van der Waals surface area contributed by atoms with E-state index < -0.39 is 5.54 Å². The van der Waals surface area contributed by atoms with E-state index in [1.165, 1.54) is 18.0 Å². The molecule has 3 nitrogen and oxygen atoms in total. The zero-order valence-electron chi connectivity index (χ0n) is 10.1. The smallest absolute Gasteiger partial charge is 0.268 e. The fourth-order valence-corrected chi connectivity index (χ4v) is 3.92. The highest BCUT2D eigenvalue weighted by atomic mass is 32.1. The summed E-state index contributed by atoms with van der Waals surface area (Å²) in [5, 5.41) is 10.3. The van der Waals surface area contributed by atoms with Gasteiger partial charge in [0.15, 0.2) is 0 Å². The minimum atomic E-state index is -0.598. The molecule has 0 amide bonds. The topological polar surface area (TPSA) is 45.8 Å². The maximum atomic E-state index is 12.4. The third-order valence-electron chi connectivity index (χ3n) is 3.77. The number of nitrogens with zero attached hydrogens (tertiary/aromatic N) is 2. The van der Waals surface area contributed by atoms with Gasteiger partial charge in [-0.2, -0.15) is 5.26 Å². The van der Waals surface area contributed by atoms with E-state index in [2.05, 4.69) is 6.07 Å². The molecule has 1 aliphatic rings. The van der Waals surface area contributed by atoms with Crippen molar-refractivity contribution in [3.05, 3.63) is 34.6 Å². The monoisotopic (exact) mass is 258 g/mol. The first-order valence-electron chi connectivity index (χ1n) is 6.30. The summed E-state index contributed by atoms with van der Waals surface area (Å²) in [4.78, 5) is 12.4. The van der Waals surface area contributed by atoms with E-state index in [1.807, 2.05) is 24.3 Å². The Morgan fingerprint density at radius 1 is 1.22 bits per heavy atom. The van der Waals surface area contributed by atoms with Crippen molar-refractivity contribution in [2.45, 2.75) is 37.6 Å².